The van der Waals surface area contributed by atoms with Crippen LogP contribution in [0.4, 0.5) is 0 Å². The molecule has 1 saturated carbocycles. The van der Waals surface area contributed by atoms with Crippen LogP contribution < -0.4 is 0 Å². The van der Waals surface area contributed by atoms with E-state index in [2.05, 4.69) is 0 Å². The molecule has 0 spiro atoms. The first kappa shape index (κ1) is 18.8. The number of allylic oxidation sites excluding steroid dienone is 1. The van der Waals surface area contributed by atoms with Gasteiger partial charge in [0.2, 0.25) is 0 Å². The molecule has 0 saturated heterocycles. The highest BCUT2D eigenvalue weighted by Gasteiger charge is 2.76. The number of methoxy groups -OCH3 is 2. The molecule has 5 heteroatoms. The van der Waals surface area contributed by atoms with Gasteiger partial charge in [-0.3, -0.25) is 9.59 Å². The van der Waals surface area contributed by atoms with E-state index in [1.165, 1.54) is 14.2 Å². The third kappa shape index (κ3) is 1.95. The molecule has 30 heavy (non-hydrogen) atoms. The summed E-state index contributed by atoms with van der Waals surface area (Å²) in [6, 6.07) is 17.5. The number of carbonyl (C=O) groups excluding carboxylic acids is 3. The normalized spacial score (nSPS) is 28.7. The van der Waals surface area contributed by atoms with Crippen LogP contribution in [-0.2, 0) is 35.7 Å². The minimum absolute atomic E-state index is 0.00462. The molecule has 0 aliphatic heterocycles. The van der Waals surface area contributed by atoms with Crippen molar-refractivity contribution in [3.63, 3.8) is 0 Å². The second-order valence-corrected chi connectivity index (χ2v) is 8.24. The maximum absolute atomic E-state index is 14.0. The van der Waals surface area contributed by atoms with Gasteiger partial charge in [0.25, 0.3) is 0 Å². The first-order chi connectivity index (χ1) is 14.5. The Morgan fingerprint density at radius 2 is 1.67 bits per heavy atom. The monoisotopic (exact) mass is 402 g/mol. The summed E-state index contributed by atoms with van der Waals surface area (Å²) in [5.74, 6) is -1.75. The molecule has 152 valence electrons. The molecule has 0 heterocycles. The van der Waals surface area contributed by atoms with Gasteiger partial charge in [-0.05, 0) is 47.4 Å². The number of fused-ring (bicyclic) bond motifs is 2. The molecule has 5 nitrogen and oxygen atoms in total. The Kier molecular flexibility index (Phi) is 4.01. The van der Waals surface area contributed by atoms with Crippen LogP contribution in [0.1, 0.15) is 29.5 Å². The van der Waals surface area contributed by atoms with Crippen molar-refractivity contribution in [2.24, 2.45) is 11.3 Å². The van der Waals surface area contributed by atoms with Gasteiger partial charge in [-0.15, -0.1) is 0 Å². The van der Waals surface area contributed by atoms with Crippen molar-refractivity contribution in [2.45, 2.75) is 24.7 Å². The first-order valence-corrected chi connectivity index (χ1v) is 10.1. The maximum atomic E-state index is 14.0. The number of Topliss-reactive ketones (excluding diaryl/α,β-unsaturated/α-hetero) is 1. The molecule has 0 bridgehead atoms. The lowest BCUT2D eigenvalue weighted by Gasteiger charge is -2.47. The highest BCUT2D eigenvalue weighted by atomic mass is 16.5. The van der Waals surface area contributed by atoms with E-state index in [1.807, 2.05) is 54.6 Å². The van der Waals surface area contributed by atoms with Crippen LogP contribution in [-0.4, -0.2) is 31.9 Å². The number of ether oxygens (including phenoxy) is 2. The minimum Gasteiger partial charge on any atom is -0.468 e. The van der Waals surface area contributed by atoms with Crippen LogP contribution in [0.5, 0.6) is 0 Å². The Morgan fingerprint density at radius 1 is 0.967 bits per heavy atom. The highest BCUT2D eigenvalue weighted by Crippen LogP contribution is 2.71. The average molecular weight is 402 g/mol. The van der Waals surface area contributed by atoms with Crippen LogP contribution in [0.3, 0.4) is 0 Å². The van der Waals surface area contributed by atoms with Crippen molar-refractivity contribution in [3.8, 4) is 0 Å². The standard InChI is InChI=1S/C25H22O5/c1-29-22(27)19-20-18-11-7-6-8-15(18)14-17-12-13-24(21(19)26,23(28)30-2)25(17,20)16-9-4-3-5-10-16/h3-11,17H,12-14H2,1-2H3/t17-,24+,25-/m1/s1. The fraction of sp³-hybridized carbons (Fsp3) is 0.320. The molecule has 5 rings (SSSR count). The number of benzene rings is 2. The van der Waals surface area contributed by atoms with Gasteiger partial charge in [-0.1, -0.05) is 54.6 Å². The number of carbonyl (C=O) groups is 3. The zero-order valence-corrected chi connectivity index (χ0v) is 16.9. The fourth-order valence-electron chi connectivity index (χ4n) is 6.35. The lowest BCUT2D eigenvalue weighted by Crippen LogP contribution is -2.53. The summed E-state index contributed by atoms with van der Waals surface area (Å²) in [5, 5.41) is 0. The summed E-state index contributed by atoms with van der Waals surface area (Å²) < 4.78 is 10.3. The molecule has 0 N–H and O–H groups in total. The number of rotatable bonds is 3. The van der Waals surface area contributed by atoms with E-state index in [0.29, 0.717) is 18.4 Å². The van der Waals surface area contributed by atoms with E-state index in [1.54, 1.807) is 0 Å². The molecular weight excluding hydrogens is 380 g/mol. The van der Waals surface area contributed by atoms with Crippen molar-refractivity contribution < 1.29 is 23.9 Å². The largest absolute Gasteiger partial charge is 0.468 e. The van der Waals surface area contributed by atoms with Crippen LogP contribution >= 0.6 is 0 Å². The van der Waals surface area contributed by atoms with Gasteiger partial charge in [0.05, 0.1) is 14.2 Å². The van der Waals surface area contributed by atoms with E-state index in [9.17, 15) is 14.4 Å². The minimum atomic E-state index is -1.46. The molecule has 0 aromatic heterocycles. The van der Waals surface area contributed by atoms with Gasteiger partial charge in [-0.25, -0.2) is 4.79 Å². The van der Waals surface area contributed by atoms with Crippen molar-refractivity contribution in [2.75, 3.05) is 14.2 Å². The molecule has 3 atom stereocenters. The third-order valence-corrected chi connectivity index (χ3v) is 7.32. The van der Waals surface area contributed by atoms with Gasteiger partial charge in [-0.2, -0.15) is 0 Å². The maximum Gasteiger partial charge on any atom is 0.341 e. The van der Waals surface area contributed by atoms with E-state index in [4.69, 9.17) is 9.47 Å². The van der Waals surface area contributed by atoms with E-state index < -0.39 is 28.6 Å². The molecule has 2 aromatic carbocycles. The lowest BCUT2D eigenvalue weighted by molar-refractivity contribution is -0.159. The molecule has 0 radical (unpaired) electrons. The van der Waals surface area contributed by atoms with E-state index in [0.717, 1.165) is 23.1 Å². The van der Waals surface area contributed by atoms with Gasteiger partial charge in [0, 0.05) is 5.41 Å². The Labute approximate surface area is 174 Å². The van der Waals surface area contributed by atoms with Crippen LogP contribution in [0.15, 0.2) is 60.2 Å². The summed E-state index contributed by atoms with van der Waals surface area (Å²) in [6.07, 6.45) is 1.77. The number of hydrogen-bond donors (Lipinski definition) is 0. The Bertz CT molecular complexity index is 1120. The SMILES string of the molecule is COC(=O)C1=C2c3ccccc3C[C@H]3CC[C@@](C(=O)OC)(C1=O)[C@@]23c1ccccc1. The third-order valence-electron chi connectivity index (χ3n) is 7.32. The summed E-state index contributed by atoms with van der Waals surface area (Å²) in [7, 11) is 2.58. The number of esters is 2. The summed E-state index contributed by atoms with van der Waals surface area (Å²) in [4.78, 5) is 40.3. The lowest BCUT2D eigenvalue weighted by atomic mass is 9.53. The molecule has 3 aliphatic rings. The van der Waals surface area contributed by atoms with E-state index in [-0.39, 0.29) is 11.5 Å². The second kappa shape index (κ2) is 6.39. The fourth-order valence-corrected chi connectivity index (χ4v) is 6.35. The number of ketones is 1. The second-order valence-electron chi connectivity index (χ2n) is 8.24. The molecule has 3 aliphatic carbocycles. The zero-order chi connectivity index (χ0) is 21.1. The molecular formula is C25H22O5. The predicted molar refractivity (Wildman–Crippen MR) is 109 cm³/mol. The van der Waals surface area contributed by atoms with Gasteiger partial charge in [0.15, 0.2) is 5.78 Å². The Balaban J connectivity index is 1.97. The quantitative estimate of drug-likeness (QED) is 0.448. The first-order valence-electron chi connectivity index (χ1n) is 10.1. The van der Waals surface area contributed by atoms with Crippen LogP contribution in [0, 0.1) is 11.3 Å². The van der Waals surface area contributed by atoms with Crippen molar-refractivity contribution >= 4 is 23.3 Å². The smallest absolute Gasteiger partial charge is 0.341 e. The molecule has 2 aromatic rings. The van der Waals surface area contributed by atoms with Crippen molar-refractivity contribution in [3.05, 3.63) is 76.9 Å². The summed E-state index contributed by atoms with van der Waals surface area (Å²) >= 11 is 0. The Hall–Kier alpha value is -3.21. The molecule has 0 unspecified atom stereocenters. The van der Waals surface area contributed by atoms with Crippen molar-refractivity contribution in [1.82, 2.24) is 0 Å². The average Bonchev–Trinajstić information content (AvgIpc) is 3.26. The number of hydrogen-bond acceptors (Lipinski definition) is 5. The van der Waals surface area contributed by atoms with E-state index >= 15 is 0 Å². The molecule has 0 amide bonds. The Morgan fingerprint density at radius 3 is 2.37 bits per heavy atom. The summed E-state index contributed by atoms with van der Waals surface area (Å²) in [6.45, 7) is 0. The van der Waals surface area contributed by atoms with Gasteiger partial charge in [0.1, 0.15) is 11.0 Å². The van der Waals surface area contributed by atoms with Crippen LogP contribution in [0.2, 0.25) is 0 Å². The molecule has 1 fully saturated rings. The van der Waals surface area contributed by atoms with Gasteiger partial charge >= 0.3 is 11.9 Å². The zero-order valence-electron chi connectivity index (χ0n) is 16.9. The van der Waals surface area contributed by atoms with Crippen LogP contribution in [0.25, 0.3) is 5.57 Å². The highest BCUT2D eigenvalue weighted by molar-refractivity contribution is 6.35. The predicted octanol–water partition coefficient (Wildman–Crippen LogP) is 3.26. The summed E-state index contributed by atoms with van der Waals surface area (Å²) in [5.41, 5.74) is 1.01. The van der Waals surface area contributed by atoms with Crippen molar-refractivity contribution in [1.29, 1.82) is 0 Å². The topological polar surface area (TPSA) is 69.7 Å². The van der Waals surface area contributed by atoms with Gasteiger partial charge < -0.3 is 9.47 Å².